The Kier molecular flexibility index (Phi) is 25.5. The molecule has 0 rings (SSSR count). The Morgan fingerprint density at radius 2 is 1.24 bits per heavy atom. The summed E-state index contributed by atoms with van der Waals surface area (Å²) in [5.74, 6) is -2.11. The maximum Gasteiger partial charge on any atom is 1.00 e. The number of hydrogen-bond acceptors (Lipinski definition) is 7. The van der Waals surface area contributed by atoms with Crippen molar-refractivity contribution in [3.8, 4) is 0 Å². The van der Waals surface area contributed by atoms with Crippen molar-refractivity contribution in [2.45, 2.75) is 122 Å². The monoisotopic (exact) mass is 512 g/mol. The van der Waals surface area contributed by atoms with E-state index in [9.17, 15) is 22.6 Å². The summed E-state index contributed by atoms with van der Waals surface area (Å²) in [6.07, 6.45) is 20.7. The quantitative estimate of drug-likeness (QED) is 0.0721. The largest absolute Gasteiger partial charge is 1.00 e. The molecule has 0 radical (unpaired) electrons. The van der Waals surface area contributed by atoms with E-state index >= 15 is 0 Å². The molecule has 194 valence electrons. The van der Waals surface area contributed by atoms with Gasteiger partial charge in [-0.05, 0) is 13.3 Å². The summed E-state index contributed by atoms with van der Waals surface area (Å²) in [6.45, 7) is 3.93. The van der Waals surface area contributed by atoms with Gasteiger partial charge in [-0.1, -0.05) is 109 Å². The summed E-state index contributed by atoms with van der Waals surface area (Å²) >= 11 is 0. The van der Waals surface area contributed by atoms with Gasteiger partial charge in [0.2, 0.25) is 0 Å². The van der Waals surface area contributed by atoms with Crippen molar-refractivity contribution in [2.75, 3.05) is 13.2 Å². The molecule has 1 unspecified atom stereocenters. The van der Waals surface area contributed by atoms with E-state index < -0.39 is 33.7 Å². The van der Waals surface area contributed by atoms with E-state index in [1.165, 1.54) is 76.7 Å². The van der Waals surface area contributed by atoms with E-state index in [1.54, 1.807) is 13.0 Å². The van der Waals surface area contributed by atoms with Gasteiger partial charge in [0.05, 0.1) is 13.0 Å². The minimum Gasteiger partial charge on any atom is -0.747 e. The van der Waals surface area contributed by atoms with E-state index in [2.05, 4.69) is 6.92 Å². The number of allylic oxidation sites excluding steroid dienone is 1. The second-order valence-electron chi connectivity index (χ2n) is 8.55. The second kappa shape index (κ2) is 24.3. The van der Waals surface area contributed by atoms with E-state index in [0.717, 1.165) is 19.3 Å². The first-order chi connectivity index (χ1) is 15.8. The van der Waals surface area contributed by atoms with Gasteiger partial charge >= 0.3 is 41.5 Å². The molecule has 0 bridgehead atoms. The number of unbranched alkanes of at least 4 members (excludes halogenated alkanes) is 14. The third-order valence-corrected chi connectivity index (χ3v) is 6.59. The van der Waals surface area contributed by atoms with Gasteiger partial charge in [0.15, 0.2) is 5.25 Å². The summed E-state index contributed by atoms with van der Waals surface area (Å²) in [6, 6.07) is 0. The molecule has 0 aliphatic rings. The molecule has 0 spiro atoms. The number of ether oxygens (including phenoxy) is 2. The van der Waals surface area contributed by atoms with Crippen LogP contribution in [0.5, 0.6) is 0 Å². The van der Waals surface area contributed by atoms with Crippen molar-refractivity contribution in [1.82, 2.24) is 0 Å². The van der Waals surface area contributed by atoms with Gasteiger partial charge < -0.3 is 14.0 Å². The number of esters is 2. The Hall–Kier alpha value is -0.410. The first-order valence-electron chi connectivity index (χ1n) is 12.7. The van der Waals surface area contributed by atoms with Gasteiger partial charge in [-0.3, -0.25) is 9.59 Å². The van der Waals surface area contributed by atoms with E-state index in [-0.39, 0.29) is 42.8 Å². The number of carbonyl (C=O) groups excluding carboxylic acids is 2. The molecule has 7 nitrogen and oxygen atoms in total. The van der Waals surface area contributed by atoms with Crippen LogP contribution >= 0.6 is 0 Å². The number of rotatable bonds is 22. The van der Waals surface area contributed by atoms with Crippen LogP contribution in [0.1, 0.15) is 117 Å². The fourth-order valence-corrected chi connectivity index (χ4v) is 4.14. The van der Waals surface area contributed by atoms with Gasteiger partial charge in [-0.15, -0.1) is 0 Å². The fraction of sp³-hybridized carbons (Fsp3) is 0.840. The van der Waals surface area contributed by atoms with Crippen LogP contribution in [-0.2, 0) is 29.2 Å². The average molecular weight is 513 g/mol. The molecule has 1 atom stereocenters. The minimum absolute atomic E-state index is 0. The van der Waals surface area contributed by atoms with Crippen LogP contribution in [0, 0.1) is 0 Å². The van der Waals surface area contributed by atoms with Crippen LogP contribution in [-0.4, -0.2) is 43.4 Å². The standard InChI is InChI=1S/C25H46O7S.Na/c1-3-5-7-8-9-10-11-12-13-14-15-16-17-18-19-21-31-24(26)22-23(33(28,29)30)25(27)32-20-6-4-2;/h4,6,23H,3,5,7-22H2,1-2H3,(H,28,29,30);/q;+1/p-1/b6-4+;. The van der Waals surface area contributed by atoms with Crippen molar-refractivity contribution in [2.24, 2.45) is 0 Å². The Morgan fingerprint density at radius 1 is 0.794 bits per heavy atom. The second-order valence-corrected chi connectivity index (χ2v) is 10.1. The smallest absolute Gasteiger partial charge is 0.747 e. The van der Waals surface area contributed by atoms with Crippen LogP contribution in [0.15, 0.2) is 12.2 Å². The van der Waals surface area contributed by atoms with Crippen molar-refractivity contribution < 1.29 is 61.6 Å². The van der Waals surface area contributed by atoms with Gasteiger partial charge in [-0.25, -0.2) is 8.42 Å². The molecular formula is C25H45NaO7S. The molecule has 0 aromatic heterocycles. The normalized spacial score (nSPS) is 12.3. The Morgan fingerprint density at radius 3 is 1.65 bits per heavy atom. The van der Waals surface area contributed by atoms with Crippen molar-refractivity contribution >= 4 is 22.1 Å². The maximum atomic E-state index is 11.8. The van der Waals surface area contributed by atoms with Crippen LogP contribution in [0.3, 0.4) is 0 Å². The molecule has 0 saturated heterocycles. The molecule has 9 heteroatoms. The summed E-state index contributed by atoms with van der Waals surface area (Å²) in [7, 11) is -5.01. The third kappa shape index (κ3) is 22.1. The molecule has 0 N–H and O–H groups in total. The first-order valence-corrected chi connectivity index (χ1v) is 14.2. The van der Waals surface area contributed by atoms with Gasteiger partial charge in [0.1, 0.15) is 16.7 Å². The van der Waals surface area contributed by atoms with E-state index in [4.69, 9.17) is 9.47 Å². The zero-order valence-electron chi connectivity index (χ0n) is 21.7. The summed E-state index contributed by atoms with van der Waals surface area (Å²) < 4.78 is 43.5. The van der Waals surface area contributed by atoms with Crippen molar-refractivity contribution in [3.63, 3.8) is 0 Å². The predicted octanol–water partition coefficient (Wildman–Crippen LogP) is 2.83. The van der Waals surface area contributed by atoms with Crippen molar-refractivity contribution in [1.29, 1.82) is 0 Å². The molecule has 0 aromatic carbocycles. The molecule has 0 saturated carbocycles. The summed E-state index contributed by atoms with van der Waals surface area (Å²) in [4.78, 5) is 23.6. The molecular weight excluding hydrogens is 467 g/mol. The van der Waals surface area contributed by atoms with Gasteiger partial charge in [0.25, 0.3) is 0 Å². The minimum atomic E-state index is -5.01. The first kappa shape index (κ1) is 35.8. The Labute approximate surface area is 229 Å². The van der Waals surface area contributed by atoms with Crippen molar-refractivity contribution in [3.05, 3.63) is 12.2 Å². The average Bonchev–Trinajstić information content (AvgIpc) is 2.76. The van der Waals surface area contributed by atoms with Gasteiger partial charge in [0, 0.05) is 0 Å². The molecule has 34 heavy (non-hydrogen) atoms. The SMILES string of the molecule is C/C=C/COC(=O)C(CC(=O)OCCCCCCCCCCCCCCCCC)S(=O)(=O)[O-].[Na+]. The zero-order valence-corrected chi connectivity index (χ0v) is 24.5. The predicted molar refractivity (Wildman–Crippen MR) is 130 cm³/mol. The zero-order chi connectivity index (χ0) is 24.8. The van der Waals surface area contributed by atoms with Crippen LogP contribution in [0.4, 0.5) is 0 Å². The fourth-order valence-electron chi connectivity index (χ4n) is 3.49. The van der Waals surface area contributed by atoms with E-state index in [1.807, 2.05) is 0 Å². The van der Waals surface area contributed by atoms with Crippen LogP contribution in [0.25, 0.3) is 0 Å². The Balaban J connectivity index is 0. The van der Waals surface area contributed by atoms with Crippen LogP contribution in [0.2, 0.25) is 0 Å². The molecule has 0 fully saturated rings. The number of hydrogen-bond donors (Lipinski definition) is 0. The number of carbonyl (C=O) groups is 2. The molecule has 0 aliphatic carbocycles. The van der Waals surface area contributed by atoms with Crippen LogP contribution < -0.4 is 29.6 Å². The Bertz CT molecular complexity index is 635. The summed E-state index contributed by atoms with van der Waals surface area (Å²) in [5, 5.41) is -2.07. The maximum absolute atomic E-state index is 11.8. The molecule has 0 amide bonds. The molecule has 0 heterocycles. The molecule has 0 aromatic rings. The molecule has 0 aliphatic heterocycles. The topological polar surface area (TPSA) is 110 Å². The summed E-state index contributed by atoms with van der Waals surface area (Å²) in [5.41, 5.74) is 0. The van der Waals surface area contributed by atoms with Gasteiger partial charge in [-0.2, -0.15) is 0 Å². The van der Waals surface area contributed by atoms with E-state index in [0.29, 0.717) is 6.42 Å². The third-order valence-electron chi connectivity index (χ3n) is 5.53.